The molecular weight excluding hydrogens is 741 g/mol. The van der Waals surface area contributed by atoms with Crippen molar-refractivity contribution in [1.82, 2.24) is 19.1 Å². The number of nitrogens with zero attached hydrogens (tertiary/aromatic N) is 4. The first-order valence-electron chi connectivity index (χ1n) is 21.1. The summed E-state index contributed by atoms with van der Waals surface area (Å²) in [5.74, 6) is 0.664. The fourth-order valence-electron chi connectivity index (χ4n) is 10.4. The van der Waals surface area contributed by atoms with Crippen LogP contribution in [0.2, 0.25) is 0 Å². The average Bonchev–Trinajstić information content (AvgIpc) is 3.90. The van der Waals surface area contributed by atoms with Crippen molar-refractivity contribution in [3.63, 3.8) is 0 Å². The van der Waals surface area contributed by atoms with Crippen molar-refractivity contribution in [2.45, 2.75) is 19.3 Å². The molecule has 0 amide bonds. The van der Waals surface area contributed by atoms with Crippen molar-refractivity contribution in [3.05, 3.63) is 205 Å². The van der Waals surface area contributed by atoms with Gasteiger partial charge in [-0.2, -0.15) is 0 Å². The van der Waals surface area contributed by atoms with Crippen LogP contribution < -0.4 is 0 Å². The molecule has 13 rings (SSSR count). The zero-order chi connectivity index (χ0) is 40.4. The minimum absolute atomic E-state index is 0.116. The predicted octanol–water partition coefficient (Wildman–Crippen LogP) is 14.6. The largest absolute Gasteiger partial charge is 0.309 e. The molecule has 9 aromatic carbocycles. The van der Waals surface area contributed by atoms with Gasteiger partial charge in [-0.05, 0) is 87.3 Å². The molecule has 0 spiro atoms. The van der Waals surface area contributed by atoms with E-state index in [0.29, 0.717) is 5.95 Å². The highest BCUT2D eigenvalue weighted by Gasteiger charge is 2.35. The number of para-hydroxylation sites is 3. The fraction of sp³-hybridized carbons (Fsp3) is 0.0526. The Kier molecular flexibility index (Phi) is 7.04. The van der Waals surface area contributed by atoms with Gasteiger partial charge in [-0.15, -0.1) is 0 Å². The molecule has 61 heavy (non-hydrogen) atoms. The fourth-order valence-corrected chi connectivity index (χ4v) is 10.4. The molecule has 0 atom stereocenters. The van der Waals surface area contributed by atoms with E-state index in [0.717, 1.165) is 44.1 Å². The van der Waals surface area contributed by atoms with E-state index in [2.05, 4.69) is 217 Å². The van der Waals surface area contributed by atoms with Gasteiger partial charge in [0.15, 0.2) is 0 Å². The zero-order valence-corrected chi connectivity index (χ0v) is 33.8. The minimum Gasteiger partial charge on any atom is -0.309 e. The maximum atomic E-state index is 5.48. The smallest absolute Gasteiger partial charge is 0.235 e. The van der Waals surface area contributed by atoms with E-state index in [1.165, 1.54) is 71.5 Å². The lowest BCUT2D eigenvalue weighted by molar-refractivity contribution is 0.660. The number of hydrogen-bond acceptors (Lipinski definition) is 2. The Morgan fingerprint density at radius 2 is 0.984 bits per heavy atom. The summed E-state index contributed by atoms with van der Waals surface area (Å²) in [6.07, 6.45) is 0. The molecule has 3 aromatic heterocycles. The Morgan fingerprint density at radius 3 is 1.85 bits per heavy atom. The summed E-state index contributed by atoms with van der Waals surface area (Å²) in [5, 5.41) is 8.33. The predicted molar refractivity (Wildman–Crippen MR) is 254 cm³/mol. The third kappa shape index (κ3) is 4.87. The van der Waals surface area contributed by atoms with Gasteiger partial charge in [-0.1, -0.05) is 159 Å². The summed E-state index contributed by atoms with van der Waals surface area (Å²) >= 11 is 0. The van der Waals surface area contributed by atoms with Crippen molar-refractivity contribution in [2.75, 3.05) is 0 Å². The van der Waals surface area contributed by atoms with Gasteiger partial charge >= 0.3 is 0 Å². The quantitative estimate of drug-likeness (QED) is 0.178. The van der Waals surface area contributed by atoms with Gasteiger partial charge in [0.1, 0.15) is 0 Å². The molecule has 1 aliphatic rings. The maximum Gasteiger partial charge on any atom is 0.235 e. The van der Waals surface area contributed by atoms with Crippen LogP contribution in [0, 0.1) is 0 Å². The molecular formula is C57H38N4. The molecule has 0 unspecified atom stereocenters. The number of aromatic nitrogens is 4. The number of fused-ring (bicyclic) bond motifs is 11. The lowest BCUT2D eigenvalue weighted by atomic mass is 9.82. The highest BCUT2D eigenvalue weighted by Crippen LogP contribution is 2.50. The molecule has 0 bridgehead atoms. The Balaban J connectivity index is 0.994. The molecule has 3 heterocycles. The van der Waals surface area contributed by atoms with E-state index in [9.17, 15) is 0 Å². The minimum atomic E-state index is -0.116. The Morgan fingerprint density at radius 1 is 0.377 bits per heavy atom. The van der Waals surface area contributed by atoms with E-state index >= 15 is 0 Å². The van der Waals surface area contributed by atoms with Crippen molar-refractivity contribution in [3.8, 4) is 45.1 Å². The van der Waals surface area contributed by atoms with Crippen molar-refractivity contribution < 1.29 is 0 Å². The van der Waals surface area contributed by atoms with Crippen LogP contribution in [-0.4, -0.2) is 19.1 Å². The normalized spacial score (nSPS) is 13.2. The van der Waals surface area contributed by atoms with E-state index in [1.807, 2.05) is 0 Å². The second kappa shape index (κ2) is 12.6. The summed E-state index contributed by atoms with van der Waals surface area (Å²) in [6.45, 7) is 4.67. The molecule has 1 aliphatic carbocycles. The van der Waals surface area contributed by atoms with Crippen molar-refractivity contribution >= 4 is 65.3 Å². The van der Waals surface area contributed by atoms with Crippen LogP contribution >= 0.6 is 0 Å². The standard InChI is InChI=1S/C57H38N4/c1-57(2)47-21-9-5-17-40(47)41-29-27-38(33-48(41)57)55-45-20-6-10-22-49(45)58-56(59-55)61-52-24-12-8-19-43(52)46-32-36(28-31-53(46)61)37-26-30-44-42-18-7-11-23-51(42)60(54(44)34-37)50-25-13-15-35-14-3-4-16-39(35)50/h3-34H,1-2H3. The van der Waals surface area contributed by atoms with Crippen LogP contribution in [-0.2, 0) is 5.41 Å². The van der Waals surface area contributed by atoms with E-state index in [-0.39, 0.29) is 5.41 Å². The summed E-state index contributed by atoms with van der Waals surface area (Å²) in [6, 6.07) is 70.6. The highest BCUT2D eigenvalue weighted by molar-refractivity contribution is 6.13. The molecule has 4 nitrogen and oxygen atoms in total. The molecule has 12 aromatic rings. The molecule has 0 fully saturated rings. The molecule has 4 heteroatoms. The summed E-state index contributed by atoms with van der Waals surface area (Å²) < 4.78 is 4.69. The number of benzene rings is 9. The molecule has 0 radical (unpaired) electrons. The second-order valence-electron chi connectivity index (χ2n) is 17.0. The summed E-state index contributed by atoms with van der Waals surface area (Å²) in [4.78, 5) is 10.8. The van der Waals surface area contributed by atoms with Gasteiger partial charge in [0.2, 0.25) is 5.95 Å². The first-order valence-corrected chi connectivity index (χ1v) is 21.1. The monoisotopic (exact) mass is 778 g/mol. The zero-order valence-electron chi connectivity index (χ0n) is 33.8. The first-order chi connectivity index (χ1) is 30.0. The van der Waals surface area contributed by atoms with Crippen LogP contribution in [0.15, 0.2) is 194 Å². The second-order valence-corrected chi connectivity index (χ2v) is 17.0. The summed E-state index contributed by atoms with van der Waals surface area (Å²) in [7, 11) is 0. The van der Waals surface area contributed by atoms with Gasteiger partial charge in [0, 0.05) is 43.3 Å². The Hall–Kier alpha value is -7.82. The third-order valence-corrected chi connectivity index (χ3v) is 13.3. The number of rotatable bonds is 4. The van der Waals surface area contributed by atoms with Gasteiger partial charge in [-0.3, -0.25) is 4.57 Å². The number of hydrogen-bond donors (Lipinski definition) is 0. The van der Waals surface area contributed by atoms with E-state index in [4.69, 9.17) is 9.97 Å². The molecule has 0 N–H and O–H groups in total. The third-order valence-electron chi connectivity index (χ3n) is 13.3. The van der Waals surface area contributed by atoms with Crippen LogP contribution in [0.25, 0.3) is 110 Å². The Bertz CT molecular complexity index is 3800. The van der Waals surface area contributed by atoms with Crippen molar-refractivity contribution in [2.24, 2.45) is 0 Å². The Labute approximate surface area is 352 Å². The van der Waals surface area contributed by atoms with Gasteiger partial charge in [0.05, 0.1) is 39.0 Å². The summed E-state index contributed by atoms with van der Waals surface area (Å²) in [5.41, 5.74) is 16.2. The maximum absolute atomic E-state index is 5.48. The van der Waals surface area contributed by atoms with Crippen LogP contribution in [0.4, 0.5) is 0 Å². The van der Waals surface area contributed by atoms with Gasteiger partial charge in [0.25, 0.3) is 0 Å². The van der Waals surface area contributed by atoms with Crippen LogP contribution in [0.1, 0.15) is 25.0 Å². The molecule has 286 valence electrons. The lowest BCUT2D eigenvalue weighted by Crippen LogP contribution is -2.15. The van der Waals surface area contributed by atoms with Gasteiger partial charge < -0.3 is 4.57 Å². The molecule has 0 aliphatic heterocycles. The van der Waals surface area contributed by atoms with Gasteiger partial charge in [-0.25, -0.2) is 9.97 Å². The first kappa shape index (κ1) is 34.1. The average molecular weight is 779 g/mol. The topological polar surface area (TPSA) is 35.6 Å². The molecule has 0 saturated heterocycles. The molecule has 0 saturated carbocycles. The SMILES string of the molecule is CC1(C)c2ccccc2-c2ccc(-c3nc(-n4c5ccccc5c5cc(-c6ccc7c8ccccc8n(-c8cccc9ccccc89)c7c6)ccc54)nc4ccccc34)cc21. The van der Waals surface area contributed by atoms with E-state index in [1.54, 1.807) is 0 Å². The van der Waals surface area contributed by atoms with Crippen LogP contribution in [0.3, 0.4) is 0 Å². The highest BCUT2D eigenvalue weighted by atomic mass is 15.2. The van der Waals surface area contributed by atoms with Crippen LogP contribution in [0.5, 0.6) is 0 Å². The van der Waals surface area contributed by atoms with E-state index < -0.39 is 0 Å². The lowest BCUT2D eigenvalue weighted by Gasteiger charge is -2.22. The van der Waals surface area contributed by atoms with Crippen molar-refractivity contribution in [1.29, 1.82) is 0 Å².